The predicted molar refractivity (Wildman–Crippen MR) is 47.9 cm³/mol. The minimum atomic E-state index is 0.652. The fraction of sp³-hybridized carbons (Fsp3) is 0.778. The van der Waals surface area contributed by atoms with Crippen LogP contribution in [0.4, 0.5) is 0 Å². The molecule has 2 atom stereocenters. The highest BCUT2D eigenvalue weighted by molar-refractivity contribution is 5.04. The van der Waals surface area contributed by atoms with Crippen LogP contribution in [0.15, 0.2) is 11.8 Å². The smallest absolute Gasteiger partial charge is 0.0346 e. The van der Waals surface area contributed by atoms with Crippen molar-refractivity contribution in [1.82, 2.24) is 10.4 Å². The molecule has 2 unspecified atom stereocenters. The second-order valence-corrected chi connectivity index (χ2v) is 3.41. The van der Waals surface area contributed by atoms with Crippen LogP contribution in [0.3, 0.4) is 0 Å². The second-order valence-electron chi connectivity index (χ2n) is 3.41. The Kier molecular flexibility index (Phi) is 2.55. The van der Waals surface area contributed by atoms with Crippen molar-refractivity contribution in [2.45, 2.75) is 33.2 Å². The van der Waals surface area contributed by atoms with Crippen LogP contribution in [0, 0.1) is 5.92 Å². The third-order valence-electron chi connectivity index (χ3n) is 2.39. The first kappa shape index (κ1) is 8.60. The molecular formula is C9H18N2. The van der Waals surface area contributed by atoms with Gasteiger partial charge in [-0.05, 0) is 19.3 Å². The van der Waals surface area contributed by atoms with Gasteiger partial charge in [0.2, 0.25) is 0 Å². The molecule has 0 aromatic carbocycles. The molecule has 0 fully saturated rings. The van der Waals surface area contributed by atoms with Crippen LogP contribution < -0.4 is 5.43 Å². The van der Waals surface area contributed by atoms with Crippen LogP contribution in [0.1, 0.15) is 27.2 Å². The van der Waals surface area contributed by atoms with Gasteiger partial charge < -0.3 is 5.43 Å². The fourth-order valence-electron chi connectivity index (χ4n) is 1.90. The van der Waals surface area contributed by atoms with E-state index in [-0.39, 0.29) is 0 Å². The Balaban J connectivity index is 2.69. The first-order valence-corrected chi connectivity index (χ1v) is 4.33. The van der Waals surface area contributed by atoms with Gasteiger partial charge in [-0.3, -0.25) is 0 Å². The van der Waals surface area contributed by atoms with Crippen molar-refractivity contribution >= 4 is 0 Å². The number of rotatable bonds is 1. The normalized spacial score (nSPS) is 32.9. The molecule has 1 aliphatic rings. The zero-order valence-corrected chi connectivity index (χ0v) is 7.89. The van der Waals surface area contributed by atoms with Gasteiger partial charge in [0.05, 0.1) is 0 Å². The van der Waals surface area contributed by atoms with Crippen LogP contribution in [0.25, 0.3) is 0 Å². The summed E-state index contributed by atoms with van der Waals surface area (Å²) in [5.41, 5.74) is 4.57. The summed E-state index contributed by atoms with van der Waals surface area (Å²) in [6.07, 6.45) is 3.50. The van der Waals surface area contributed by atoms with E-state index in [1.807, 2.05) is 0 Å². The molecule has 0 saturated heterocycles. The number of nitrogens with zero attached hydrogens (tertiary/aromatic N) is 1. The van der Waals surface area contributed by atoms with Crippen molar-refractivity contribution in [2.75, 3.05) is 7.05 Å². The lowest BCUT2D eigenvalue weighted by Crippen LogP contribution is -2.47. The van der Waals surface area contributed by atoms with E-state index < -0.39 is 0 Å². The van der Waals surface area contributed by atoms with Crippen molar-refractivity contribution < 1.29 is 0 Å². The van der Waals surface area contributed by atoms with Gasteiger partial charge in [-0.25, -0.2) is 5.01 Å². The minimum absolute atomic E-state index is 0.652. The molecule has 0 radical (unpaired) electrons. The third-order valence-corrected chi connectivity index (χ3v) is 2.39. The lowest BCUT2D eigenvalue weighted by Gasteiger charge is -2.36. The maximum absolute atomic E-state index is 3.31. The predicted octanol–water partition coefficient (Wildman–Crippen LogP) is 1.75. The van der Waals surface area contributed by atoms with Gasteiger partial charge in [0.15, 0.2) is 0 Å². The van der Waals surface area contributed by atoms with Crippen molar-refractivity contribution in [3.63, 3.8) is 0 Å². The van der Waals surface area contributed by atoms with Crippen molar-refractivity contribution in [1.29, 1.82) is 0 Å². The topological polar surface area (TPSA) is 15.3 Å². The monoisotopic (exact) mass is 154 g/mol. The van der Waals surface area contributed by atoms with Gasteiger partial charge >= 0.3 is 0 Å². The zero-order chi connectivity index (χ0) is 8.43. The average Bonchev–Trinajstić information content (AvgIpc) is 1.85. The molecule has 0 aromatic heterocycles. The average molecular weight is 154 g/mol. The molecule has 11 heavy (non-hydrogen) atoms. The van der Waals surface area contributed by atoms with Gasteiger partial charge in [-0.1, -0.05) is 19.9 Å². The van der Waals surface area contributed by atoms with E-state index in [1.165, 1.54) is 12.1 Å². The maximum atomic E-state index is 3.31. The Morgan fingerprint density at radius 3 is 2.73 bits per heavy atom. The third kappa shape index (κ3) is 1.74. The van der Waals surface area contributed by atoms with Crippen molar-refractivity contribution in [2.24, 2.45) is 5.92 Å². The highest BCUT2D eigenvalue weighted by atomic mass is 15.5. The van der Waals surface area contributed by atoms with Gasteiger partial charge in [0, 0.05) is 18.8 Å². The standard InChI is InChI=1S/C9H18N2/c1-5-9-7(2)6-8(3)10-11(9)4/h6-7,9-10H,5H2,1-4H3. The first-order chi connectivity index (χ1) is 5.15. The molecule has 1 N–H and O–H groups in total. The van der Waals surface area contributed by atoms with E-state index in [1.54, 1.807) is 0 Å². The molecule has 1 rings (SSSR count). The summed E-state index contributed by atoms with van der Waals surface area (Å²) in [7, 11) is 2.11. The molecule has 0 spiro atoms. The summed E-state index contributed by atoms with van der Waals surface area (Å²) in [6, 6.07) is 0.652. The van der Waals surface area contributed by atoms with Gasteiger partial charge in [-0.2, -0.15) is 0 Å². The van der Waals surface area contributed by atoms with E-state index in [0.29, 0.717) is 12.0 Å². The summed E-state index contributed by atoms with van der Waals surface area (Å²) in [5, 5.41) is 2.21. The van der Waals surface area contributed by atoms with E-state index >= 15 is 0 Å². The molecule has 0 aliphatic carbocycles. The van der Waals surface area contributed by atoms with Crippen LogP contribution >= 0.6 is 0 Å². The van der Waals surface area contributed by atoms with E-state index in [9.17, 15) is 0 Å². The highest BCUT2D eigenvalue weighted by Gasteiger charge is 2.22. The second kappa shape index (κ2) is 3.26. The number of hydrazine groups is 1. The zero-order valence-electron chi connectivity index (χ0n) is 7.89. The van der Waals surface area contributed by atoms with Gasteiger partial charge in [0.1, 0.15) is 0 Å². The van der Waals surface area contributed by atoms with E-state index in [0.717, 1.165) is 0 Å². The van der Waals surface area contributed by atoms with E-state index in [2.05, 4.69) is 44.3 Å². The van der Waals surface area contributed by atoms with Gasteiger partial charge in [0.25, 0.3) is 0 Å². The number of hydrogen-bond acceptors (Lipinski definition) is 2. The van der Waals surface area contributed by atoms with Crippen LogP contribution in [-0.4, -0.2) is 18.1 Å². The molecule has 1 heterocycles. The number of allylic oxidation sites excluding steroid dienone is 1. The quantitative estimate of drug-likeness (QED) is 0.619. The molecule has 64 valence electrons. The maximum Gasteiger partial charge on any atom is 0.0346 e. The molecule has 0 aromatic rings. The molecular weight excluding hydrogens is 136 g/mol. The Bertz CT molecular complexity index is 163. The summed E-state index contributed by atoms with van der Waals surface area (Å²) >= 11 is 0. The summed E-state index contributed by atoms with van der Waals surface area (Å²) in [5.74, 6) is 0.672. The Hall–Kier alpha value is -0.500. The van der Waals surface area contributed by atoms with E-state index in [4.69, 9.17) is 0 Å². The summed E-state index contributed by atoms with van der Waals surface area (Å²) in [6.45, 7) is 6.61. The summed E-state index contributed by atoms with van der Waals surface area (Å²) < 4.78 is 0. The van der Waals surface area contributed by atoms with Crippen LogP contribution in [0.5, 0.6) is 0 Å². The Morgan fingerprint density at radius 2 is 2.27 bits per heavy atom. The van der Waals surface area contributed by atoms with Gasteiger partial charge in [-0.15, -0.1) is 0 Å². The largest absolute Gasteiger partial charge is 0.324 e. The van der Waals surface area contributed by atoms with Crippen molar-refractivity contribution in [3.05, 3.63) is 11.8 Å². The number of hydrogen-bond donors (Lipinski definition) is 1. The molecule has 0 saturated carbocycles. The lowest BCUT2D eigenvalue weighted by molar-refractivity contribution is 0.133. The lowest BCUT2D eigenvalue weighted by atomic mass is 9.97. The minimum Gasteiger partial charge on any atom is -0.324 e. The molecule has 2 heteroatoms. The number of nitrogens with one attached hydrogen (secondary N) is 1. The molecule has 0 amide bonds. The fourth-order valence-corrected chi connectivity index (χ4v) is 1.90. The Morgan fingerprint density at radius 1 is 1.64 bits per heavy atom. The Labute approximate surface area is 69.2 Å². The SMILES string of the molecule is CCC1C(C)C=C(C)NN1C. The van der Waals surface area contributed by atoms with Crippen molar-refractivity contribution in [3.8, 4) is 0 Å². The summed E-state index contributed by atoms with van der Waals surface area (Å²) in [4.78, 5) is 0. The van der Waals surface area contributed by atoms with Crippen LogP contribution in [-0.2, 0) is 0 Å². The highest BCUT2D eigenvalue weighted by Crippen LogP contribution is 2.18. The first-order valence-electron chi connectivity index (χ1n) is 4.33. The van der Waals surface area contributed by atoms with Crippen LogP contribution in [0.2, 0.25) is 0 Å². The molecule has 2 nitrogen and oxygen atoms in total. The molecule has 1 aliphatic heterocycles. The molecule has 0 bridgehead atoms.